The number of carbonyl (C=O) groups excluding carboxylic acids is 1. The molecule has 0 radical (unpaired) electrons. The lowest BCUT2D eigenvalue weighted by Crippen LogP contribution is -2.70. The van der Waals surface area contributed by atoms with Crippen molar-refractivity contribution in [1.82, 2.24) is 0 Å². The molecule has 0 aromatic carbocycles. The van der Waals surface area contributed by atoms with Crippen LogP contribution in [0.25, 0.3) is 0 Å². The largest absolute Gasteiger partial charge is 0.462 e. The number of carbonyl (C=O) groups is 1. The summed E-state index contributed by atoms with van der Waals surface area (Å²) in [4.78, 5) is 11.9. The Morgan fingerprint density at radius 3 is 2.22 bits per heavy atom. The highest BCUT2D eigenvalue weighted by molar-refractivity contribution is 5.66. The van der Waals surface area contributed by atoms with Crippen molar-refractivity contribution < 1.29 is 19.7 Å². The molecule has 0 aromatic heterocycles. The summed E-state index contributed by atoms with van der Waals surface area (Å²) >= 11 is 0. The number of ether oxygens (including phenoxy) is 1. The maximum atomic E-state index is 12.1. The molecule has 10 atom stereocenters. The molecule has 10 unspecified atom stereocenters. The van der Waals surface area contributed by atoms with Gasteiger partial charge in [0, 0.05) is 30.1 Å². The molecular weight excluding hydrogens is 448 g/mol. The first kappa shape index (κ1) is 26.7. The molecule has 0 saturated heterocycles. The van der Waals surface area contributed by atoms with Crippen molar-refractivity contribution in [2.24, 2.45) is 50.2 Å². The van der Waals surface area contributed by atoms with E-state index >= 15 is 0 Å². The van der Waals surface area contributed by atoms with Gasteiger partial charge in [0.2, 0.25) is 0 Å². The number of esters is 1. The molecule has 0 aromatic rings. The number of hydrogen-bond acceptors (Lipinski definition) is 4. The van der Waals surface area contributed by atoms with E-state index in [9.17, 15) is 15.0 Å². The van der Waals surface area contributed by atoms with Crippen LogP contribution in [-0.4, -0.2) is 34.5 Å². The van der Waals surface area contributed by atoms with Crippen molar-refractivity contribution >= 4 is 5.97 Å². The van der Waals surface area contributed by atoms with Crippen LogP contribution in [0.2, 0.25) is 0 Å². The van der Waals surface area contributed by atoms with E-state index < -0.39 is 17.6 Å². The fourth-order valence-electron chi connectivity index (χ4n) is 10.9. The Bertz CT molecular complexity index is 965. The molecule has 5 aliphatic carbocycles. The number of aliphatic hydroxyl groups is 2. The molecule has 204 valence electrons. The lowest BCUT2D eigenvalue weighted by molar-refractivity contribution is -0.263. The Hall–Kier alpha value is -0.870. The summed E-state index contributed by atoms with van der Waals surface area (Å²) in [7, 11) is 0. The Labute approximate surface area is 219 Å². The molecule has 5 aliphatic rings. The van der Waals surface area contributed by atoms with E-state index in [-0.39, 0.29) is 40.2 Å². The second-order valence-electron chi connectivity index (χ2n) is 16.0. The maximum absolute atomic E-state index is 12.1. The number of fused-ring (bicyclic) bond motifs is 7. The monoisotopic (exact) mass is 500 g/mol. The summed E-state index contributed by atoms with van der Waals surface area (Å²) in [5.74, 6) is 0.403. The minimum absolute atomic E-state index is 0.0222. The van der Waals surface area contributed by atoms with Crippen LogP contribution in [0.15, 0.2) is 11.6 Å². The zero-order chi connectivity index (χ0) is 26.7. The van der Waals surface area contributed by atoms with Gasteiger partial charge in [0.05, 0.1) is 12.2 Å². The average Bonchev–Trinajstić information content (AvgIpc) is 2.74. The Kier molecular flexibility index (Phi) is 5.82. The molecule has 2 N–H and O–H groups in total. The summed E-state index contributed by atoms with van der Waals surface area (Å²) in [6.45, 7) is 20.5. The van der Waals surface area contributed by atoms with E-state index in [4.69, 9.17) is 4.74 Å². The normalized spacial score (nSPS) is 53.1. The van der Waals surface area contributed by atoms with Crippen LogP contribution in [-0.2, 0) is 9.53 Å². The molecule has 0 heterocycles. The van der Waals surface area contributed by atoms with E-state index in [1.807, 2.05) is 0 Å². The highest BCUT2D eigenvalue weighted by Crippen LogP contribution is 2.75. The van der Waals surface area contributed by atoms with Gasteiger partial charge in [-0.05, 0) is 78.4 Å². The van der Waals surface area contributed by atoms with Crippen LogP contribution in [0.5, 0.6) is 0 Å². The third kappa shape index (κ3) is 3.34. The Morgan fingerprint density at radius 2 is 1.58 bits per heavy atom. The predicted molar refractivity (Wildman–Crippen MR) is 143 cm³/mol. The zero-order valence-electron chi connectivity index (χ0n) is 24.4. The second kappa shape index (κ2) is 7.84. The summed E-state index contributed by atoms with van der Waals surface area (Å²) in [5.41, 5.74) is 1.43. The number of rotatable bonds is 1. The molecule has 0 spiro atoms. The van der Waals surface area contributed by atoms with E-state index in [2.05, 4.69) is 61.5 Å². The van der Waals surface area contributed by atoms with Crippen molar-refractivity contribution in [3.8, 4) is 0 Å². The van der Waals surface area contributed by atoms with E-state index in [1.54, 1.807) is 0 Å². The Balaban J connectivity index is 1.60. The van der Waals surface area contributed by atoms with Crippen LogP contribution in [0, 0.1) is 50.2 Å². The molecule has 5 rings (SSSR count). The molecular formula is C32H52O4. The first-order valence-corrected chi connectivity index (χ1v) is 14.7. The van der Waals surface area contributed by atoms with E-state index in [0.717, 1.165) is 12.8 Å². The highest BCUT2D eigenvalue weighted by Gasteiger charge is 2.72. The summed E-state index contributed by atoms with van der Waals surface area (Å²) in [6.07, 6.45) is 9.48. The van der Waals surface area contributed by atoms with Crippen LogP contribution >= 0.6 is 0 Å². The average molecular weight is 501 g/mol. The van der Waals surface area contributed by atoms with Gasteiger partial charge in [-0.3, -0.25) is 4.79 Å². The summed E-state index contributed by atoms with van der Waals surface area (Å²) < 4.78 is 5.78. The van der Waals surface area contributed by atoms with Gasteiger partial charge >= 0.3 is 5.97 Å². The summed E-state index contributed by atoms with van der Waals surface area (Å²) in [5, 5.41) is 23.9. The highest BCUT2D eigenvalue weighted by atomic mass is 16.5. The first-order valence-electron chi connectivity index (χ1n) is 14.7. The lowest BCUT2D eigenvalue weighted by atomic mass is 9.33. The fourth-order valence-corrected chi connectivity index (χ4v) is 10.9. The van der Waals surface area contributed by atoms with Crippen molar-refractivity contribution in [2.75, 3.05) is 0 Å². The van der Waals surface area contributed by atoms with E-state index in [1.165, 1.54) is 44.6 Å². The van der Waals surface area contributed by atoms with Gasteiger partial charge < -0.3 is 14.9 Å². The van der Waals surface area contributed by atoms with Crippen LogP contribution in [0.3, 0.4) is 0 Å². The van der Waals surface area contributed by atoms with Crippen molar-refractivity contribution in [3.63, 3.8) is 0 Å². The van der Waals surface area contributed by atoms with Crippen LogP contribution in [0.4, 0.5) is 0 Å². The number of aliphatic hydroxyl groups excluding tert-OH is 2. The van der Waals surface area contributed by atoms with Crippen molar-refractivity contribution in [1.29, 1.82) is 0 Å². The van der Waals surface area contributed by atoms with Crippen molar-refractivity contribution in [3.05, 3.63) is 11.6 Å². The molecule has 4 saturated carbocycles. The molecule has 4 heteroatoms. The molecule has 36 heavy (non-hydrogen) atoms. The van der Waals surface area contributed by atoms with Gasteiger partial charge in [0.25, 0.3) is 0 Å². The third-order valence-electron chi connectivity index (χ3n) is 13.4. The van der Waals surface area contributed by atoms with Crippen LogP contribution < -0.4 is 0 Å². The van der Waals surface area contributed by atoms with Crippen molar-refractivity contribution in [2.45, 2.75) is 132 Å². The SMILES string of the molecule is CC(=O)OC1CC(O)C2(C)C(CCC3(C)C2C(O)C=C2C4CC(C)(C)CCC4(C)CCC23C)C1(C)C. The molecule has 4 fully saturated rings. The maximum Gasteiger partial charge on any atom is 0.302 e. The molecule has 4 nitrogen and oxygen atoms in total. The first-order chi connectivity index (χ1) is 16.4. The molecule has 0 bridgehead atoms. The third-order valence-corrected chi connectivity index (χ3v) is 13.4. The second-order valence-corrected chi connectivity index (χ2v) is 16.0. The number of allylic oxidation sites excluding steroid dienone is 1. The van der Waals surface area contributed by atoms with Gasteiger partial charge in [-0.25, -0.2) is 0 Å². The smallest absolute Gasteiger partial charge is 0.302 e. The predicted octanol–water partition coefficient (Wildman–Crippen LogP) is 6.68. The minimum Gasteiger partial charge on any atom is -0.462 e. The van der Waals surface area contributed by atoms with Gasteiger partial charge in [-0.2, -0.15) is 0 Å². The number of hydrogen-bond donors (Lipinski definition) is 2. The quantitative estimate of drug-likeness (QED) is 0.311. The topological polar surface area (TPSA) is 66.8 Å². The van der Waals surface area contributed by atoms with Gasteiger partial charge in [0.1, 0.15) is 6.10 Å². The standard InChI is InChI=1S/C32H52O4/c1-19(33)36-25-17-24(35)32(9)23(28(25,4)5)10-11-31(8)26(32)22(34)16-20-21-18-27(2,3)12-13-29(21,6)14-15-30(20,31)7/h16,21-26,34-35H,10-15,17-18H2,1-9H3. The van der Waals surface area contributed by atoms with Gasteiger partial charge in [0.15, 0.2) is 0 Å². The fraction of sp³-hybridized carbons (Fsp3) is 0.906. The molecule has 0 amide bonds. The lowest BCUT2D eigenvalue weighted by Gasteiger charge is -2.72. The Morgan fingerprint density at radius 1 is 0.944 bits per heavy atom. The minimum atomic E-state index is -0.611. The summed E-state index contributed by atoms with van der Waals surface area (Å²) in [6, 6.07) is 0. The van der Waals surface area contributed by atoms with Crippen LogP contribution in [0.1, 0.15) is 114 Å². The molecule has 0 aliphatic heterocycles. The van der Waals surface area contributed by atoms with Gasteiger partial charge in [-0.15, -0.1) is 0 Å². The van der Waals surface area contributed by atoms with E-state index in [0.29, 0.717) is 23.2 Å². The van der Waals surface area contributed by atoms with Gasteiger partial charge in [-0.1, -0.05) is 67.0 Å². The zero-order valence-corrected chi connectivity index (χ0v) is 24.4.